The molecule has 0 bridgehead atoms. The number of primary sulfonamides is 1. The number of nitrogens with one attached hydrogen (secondary N) is 1. The summed E-state index contributed by atoms with van der Waals surface area (Å²) in [7, 11) is -2.00. The molecule has 1 atom stereocenters. The van der Waals surface area contributed by atoms with Gasteiger partial charge in [0.2, 0.25) is 10.0 Å². The van der Waals surface area contributed by atoms with Crippen LogP contribution < -0.4 is 10.5 Å². The minimum atomic E-state index is -3.66. The molecule has 144 valence electrons. The zero-order valence-electron chi connectivity index (χ0n) is 14.7. The Bertz CT molecular complexity index is 636. The molecule has 0 fully saturated rings. The lowest BCUT2D eigenvalue weighted by Crippen LogP contribution is -2.35. The van der Waals surface area contributed by atoms with Crippen LogP contribution in [0.5, 0.6) is 0 Å². The molecule has 2 heterocycles. The van der Waals surface area contributed by atoms with E-state index in [1.807, 2.05) is 0 Å². The summed E-state index contributed by atoms with van der Waals surface area (Å²) in [5, 5.41) is 8.81. The minimum absolute atomic E-state index is 0.123. The second kappa shape index (κ2) is 10.2. The molecule has 0 aliphatic carbocycles. The first kappa shape index (κ1) is 21.1. The molecule has 2 rings (SSSR count). The molecule has 25 heavy (non-hydrogen) atoms. The Hall–Kier alpha value is -0.200. The highest BCUT2D eigenvalue weighted by Gasteiger charge is 2.30. The number of ether oxygens (including phenoxy) is 2. The number of nitrogens with two attached hydrogens (primary N) is 1. The van der Waals surface area contributed by atoms with Crippen LogP contribution >= 0.6 is 23.3 Å². The van der Waals surface area contributed by atoms with E-state index < -0.39 is 10.0 Å². The summed E-state index contributed by atoms with van der Waals surface area (Å²) in [6, 6.07) is 1.85. The van der Waals surface area contributed by atoms with Gasteiger partial charge in [-0.15, -0.1) is 11.3 Å². The molecule has 1 aromatic heterocycles. The van der Waals surface area contributed by atoms with Gasteiger partial charge in [-0.1, -0.05) is 6.92 Å². The van der Waals surface area contributed by atoms with Gasteiger partial charge < -0.3 is 14.8 Å². The molecule has 3 N–H and O–H groups in total. The Morgan fingerprint density at radius 1 is 1.40 bits per heavy atom. The highest BCUT2D eigenvalue weighted by Crippen LogP contribution is 2.43. The predicted octanol–water partition coefficient (Wildman–Crippen LogP) is 1.81. The standard InChI is InChI=1S/C15H27N3O4S3/c1-3-5-17-13-11-18(6-4-7-22-9-8-21-2)24-15-12(13)10-14(23-15)25(16,19)20/h10,13,17H,3-9,11H2,1-2H3,(H2,16,19,20)/t13-/m0/s1. The average molecular weight is 410 g/mol. The van der Waals surface area contributed by atoms with E-state index in [0.29, 0.717) is 19.8 Å². The summed E-state index contributed by atoms with van der Waals surface area (Å²) >= 11 is 2.87. The lowest BCUT2D eigenvalue weighted by molar-refractivity contribution is 0.0678. The second-order valence-corrected chi connectivity index (χ2v) is 10.0. The SMILES string of the molecule is CCCN[C@H]1CN(CCCOCCOC)Sc2sc(S(N)(=O)=O)cc21. The van der Waals surface area contributed by atoms with Gasteiger partial charge in [-0.2, -0.15) is 0 Å². The predicted molar refractivity (Wildman–Crippen MR) is 101 cm³/mol. The number of fused-ring (bicyclic) bond motifs is 1. The normalized spacial score (nSPS) is 18.4. The first-order valence-corrected chi connectivity index (χ1v) is 11.5. The van der Waals surface area contributed by atoms with Crippen LogP contribution in [0.15, 0.2) is 14.5 Å². The Morgan fingerprint density at radius 2 is 2.20 bits per heavy atom. The lowest BCUT2D eigenvalue weighted by atomic mass is 10.1. The minimum Gasteiger partial charge on any atom is -0.382 e. The maximum atomic E-state index is 11.7. The van der Waals surface area contributed by atoms with Crippen LogP contribution in [0, 0.1) is 0 Å². The van der Waals surface area contributed by atoms with Crippen molar-refractivity contribution in [3.63, 3.8) is 0 Å². The summed E-state index contributed by atoms with van der Waals surface area (Å²) < 4.78 is 37.3. The van der Waals surface area contributed by atoms with Crippen LogP contribution in [-0.2, 0) is 19.5 Å². The lowest BCUT2D eigenvalue weighted by Gasteiger charge is -2.32. The molecule has 1 aromatic rings. The van der Waals surface area contributed by atoms with Crippen LogP contribution in [0.25, 0.3) is 0 Å². The monoisotopic (exact) mass is 409 g/mol. The van der Waals surface area contributed by atoms with Crippen LogP contribution in [0.2, 0.25) is 0 Å². The molecule has 0 saturated carbocycles. The van der Waals surface area contributed by atoms with Gasteiger partial charge in [0.25, 0.3) is 0 Å². The molecule has 10 heteroatoms. The number of hydrogen-bond donors (Lipinski definition) is 2. The Balaban J connectivity index is 1.98. The van der Waals surface area contributed by atoms with E-state index in [1.54, 1.807) is 25.1 Å². The van der Waals surface area contributed by atoms with Crippen molar-refractivity contribution in [3.8, 4) is 0 Å². The first-order valence-electron chi connectivity index (χ1n) is 8.35. The topological polar surface area (TPSA) is 93.9 Å². The smallest absolute Gasteiger partial charge is 0.247 e. The van der Waals surface area contributed by atoms with Crippen LogP contribution in [-0.4, -0.2) is 59.3 Å². The van der Waals surface area contributed by atoms with E-state index in [-0.39, 0.29) is 10.3 Å². The van der Waals surface area contributed by atoms with Crippen molar-refractivity contribution in [2.24, 2.45) is 5.14 Å². The van der Waals surface area contributed by atoms with Gasteiger partial charge in [-0.25, -0.2) is 17.9 Å². The molecule has 0 saturated heterocycles. The van der Waals surface area contributed by atoms with Gasteiger partial charge in [-0.3, -0.25) is 0 Å². The third kappa shape index (κ3) is 6.47. The molecule has 1 aliphatic rings. The fourth-order valence-corrected chi connectivity index (χ4v) is 6.07. The van der Waals surface area contributed by atoms with E-state index in [0.717, 1.165) is 42.2 Å². The largest absolute Gasteiger partial charge is 0.382 e. The maximum absolute atomic E-state index is 11.7. The number of thiophene rings is 1. The van der Waals surface area contributed by atoms with Crippen LogP contribution in [0.4, 0.5) is 0 Å². The van der Waals surface area contributed by atoms with Crippen molar-refractivity contribution in [1.29, 1.82) is 0 Å². The van der Waals surface area contributed by atoms with Crippen molar-refractivity contribution >= 4 is 33.3 Å². The molecule has 0 amide bonds. The van der Waals surface area contributed by atoms with Gasteiger partial charge in [-0.05, 0) is 43.0 Å². The molecule has 0 aromatic carbocycles. The highest BCUT2D eigenvalue weighted by molar-refractivity contribution is 7.99. The number of nitrogens with zero attached hydrogens (tertiary/aromatic N) is 1. The zero-order chi connectivity index (χ0) is 18.3. The van der Waals surface area contributed by atoms with Gasteiger partial charge >= 0.3 is 0 Å². The molecule has 7 nitrogen and oxygen atoms in total. The van der Waals surface area contributed by atoms with Gasteiger partial charge in [0, 0.05) is 32.8 Å². The van der Waals surface area contributed by atoms with Crippen molar-refractivity contribution in [3.05, 3.63) is 11.6 Å². The van der Waals surface area contributed by atoms with E-state index >= 15 is 0 Å². The summed E-state index contributed by atoms with van der Waals surface area (Å²) in [5.74, 6) is 0. The molecule has 0 unspecified atom stereocenters. The van der Waals surface area contributed by atoms with Crippen LogP contribution in [0.3, 0.4) is 0 Å². The third-order valence-corrected chi connectivity index (χ3v) is 7.56. The van der Waals surface area contributed by atoms with Crippen molar-refractivity contribution in [2.45, 2.75) is 34.2 Å². The van der Waals surface area contributed by atoms with E-state index in [2.05, 4.69) is 16.5 Å². The van der Waals surface area contributed by atoms with Gasteiger partial charge in [0.15, 0.2) is 0 Å². The second-order valence-electron chi connectivity index (χ2n) is 5.80. The Morgan fingerprint density at radius 3 is 2.88 bits per heavy atom. The summed E-state index contributed by atoms with van der Waals surface area (Å²) in [4.78, 5) is 0. The fraction of sp³-hybridized carbons (Fsp3) is 0.733. The number of methoxy groups -OCH3 is 1. The summed E-state index contributed by atoms with van der Waals surface area (Å²) in [6.07, 6.45) is 1.94. The fourth-order valence-electron chi connectivity index (χ4n) is 2.49. The molecule has 0 radical (unpaired) electrons. The van der Waals surface area contributed by atoms with Crippen molar-refractivity contribution in [2.75, 3.05) is 46.6 Å². The number of sulfonamides is 1. The number of hydrogen-bond acceptors (Lipinski definition) is 8. The summed E-state index contributed by atoms with van der Waals surface area (Å²) in [5.41, 5.74) is 1.04. The van der Waals surface area contributed by atoms with E-state index in [4.69, 9.17) is 14.6 Å². The number of rotatable bonds is 11. The zero-order valence-corrected chi connectivity index (χ0v) is 17.1. The van der Waals surface area contributed by atoms with Crippen molar-refractivity contribution < 1.29 is 17.9 Å². The molecule has 0 spiro atoms. The molecular weight excluding hydrogens is 382 g/mol. The third-order valence-electron chi connectivity index (χ3n) is 3.73. The quantitative estimate of drug-likeness (QED) is 0.425. The highest BCUT2D eigenvalue weighted by atomic mass is 32.3. The van der Waals surface area contributed by atoms with E-state index in [1.165, 1.54) is 11.3 Å². The van der Waals surface area contributed by atoms with E-state index in [9.17, 15) is 8.42 Å². The Kier molecular flexibility index (Phi) is 8.62. The Labute approximate surface area is 158 Å². The van der Waals surface area contributed by atoms with Crippen LogP contribution in [0.1, 0.15) is 31.4 Å². The van der Waals surface area contributed by atoms with Gasteiger partial charge in [0.05, 0.1) is 17.4 Å². The maximum Gasteiger partial charge on any atom is 0.247 e. The molecule has 1 aliphatic heterocycles. The molecular formula is C15H27N3O4S3. The summed E-state index contributed by atoms with van der Waals surface area (Å²) in [6.45, 7) is 6.62. The average Bonchev–Trinajstić information content (AvgIpc) is 3.00. The van der Waals surface area contributed by atoms with Crippen molar-refractivity contribution in [1.82, 2.24) is 9.62 Å². The van der Waals surface area contributed by atoms with Gasteiger partial charge in [0.1, 0.15) is 4.21 Å². The first-order chi connectivity index (χ1) is 12.0.